The van der Waals surface area contributed by atoms with E-state index in [9.17, 15) is 9.59 Å². The smallest absolute Gasteiger partial charge is 0.240 e. The molecule has 3 aromatic carbocycles. The first-order valence-corrected chi connectivity index (χ1v) is 9.72. The number of amides is 2. The second kappa shape index (κ2) is 9.69. The van der Waals surface area contributed by atoms with Crippen LogP contribution in [0.1, 0.15) is 29.5 Å². The summed E-state index contributed by atoms with van der Waals surface area (Å²) in [4.78, 5) is 24.2. The quantitative estimate of drug-likeness (QED) is 0.455. The van der Waals surface area contributed by atoms with Crippen LogP contribution in [0.25, 0.3) is 10.8 Å². The fraction of sp³-hybridized carbons (Fsp3) is 0.208. The van der Waals surface area contributed by atoms with E-state index in [0.717, 1.165) is 38.9 Å². The van der Waals surface area contributed by atoms with Gasteiger partial charge in [0.1, 0.15) is 5.75 Å². The van der Waals surface area contributed by atoms with Gasteiger partial charge >= 0.3 is 0 Å². The number of fused-ring (bicyclic) bond motifs is 1. The third kappa shape index (κ3) is 5.23. The van der Waals surface area contributed by atoms with Crippen molar-refractivity contribution in [2.75, 3.05) is 12.4 Å². The number of hydrogen-bond acceptors (Lipinski definition) is 4. The number of nitrogens with zero attached hydrogens (tertiary/aromatic N) is 1. The van der Waals surface area contributed by atoms with Crippen LogP contribution in [0.15, 0.2) is 59.7 Å². The maximum atomic E-state index is 12.1. The van der Waals surface area contributed by atoms with Gasteiger partial charge in [0.2, 0.25) is 11.8 Å². The fourth-order valence-corrected chi connectivity index (χ4v) is 3.21. The lowest BCUT2D eigenvalue weighted by Gasteiger charge is -2.09. The first-order chi connectivity index (χ1) is 14.5. The Morgan fingerprint density at radius 1 is 0.967 bits per heavy atom. The van der Waals surface area contributed by atoms with Gasteiger partial charge in [-0.15, -0.1) is 0 Å². The Morgan fingerprint density at radius 3 is 2.43 bits per heavy atom. The van der Waals surface area contributed by atoms with E-state index in [1.807, 2.05) is 68.4 Å². The van der Waals surface area contributed by atoms with E-state index < -0.39 is 0 Å². The summed E-state index contributed by atoms with van der Waals surface area (Å²) in [6.07, 6.45) is 1.73. The molecule has 6 nitrogen and oxygen atoms in total. The number of methoxy groups -OCH3 is 1. The van der Waals surface area contributed by atoms with E-state index in [1.54, 1.807) is 13.3 Å². The van der Waals surface area contributed by atoms with Crippen molar-refractivity contribution < 1.29 is 14.3 Å². The molecule has 3 aromatic rings. The molecule has 3 rings (SSSR count). The Morgan fingerprint density at radius 2 is 1.70 bits per heavy atom. The van der Waals surface area contributed by atoms with Gasteiger partial charge in [0, 0.05) is 29.5 Å². The summed E-state index contributed by atoms with van der Waals surface area (Å²) >= 11 is 0. The van der Waals surface area contributed by atoms with E-state index in [1.165, 1.54) is 0 Å². The maximum Gasteiger partial charge on any atom is 0.240 e. The van der Waals surface area contributed by atoms with Crippen LogP contribution < -0.4 is 15.5 Å². The molecule has 0 aromatic heterocycles. The molecule has 0 radical (unpaired) electrons. The predicted molar refractivity (Wildman–Crippen MR) is 120 cm³/mol. The number of benzene rings is 3. The molecule has 0 heterocycles. The minimum absolute atomic E-state index is 0.0530. The number of hydrazone groups is 1. The molecule has 0 fully saturated rings. The Hall–Kier alpha value is -3.67. The Labute approximate surface area is 175 Å². The highest BCUT2D eigenvalue weighted by atomic mass is 16.5. The molecule has 0 aliphatic rings. The molecule has 6 heteroatoms. The maximum absolute atomic E-state index is 12.1. The van der Waals surface area contributed by atoms with Gasteiger partial charge in [-0.25, -0.2) is 5.43 Å². The van der Waals surface area contributed by atoms with Gasteiger partial charge in [0.05, 0.1) is 13.3 Å². The van der Waals surface area contributed by atoms with E-state index in [4.69, 9.17) is 4.74 Å². The molecule has 0 bridgehead atoms. The van der Waals surface area contributed by atoms with Crippen molar-refractivity contribution in [1.29, 1.82) is 0 Å². The third-order valence-corrected chi connectivity index (χ3v) is 4.77. The van der Waals surface area contributed by atoms with E-state index >= 15 is 0 Å². The minimum atomic E-state index is -0.320. The number of hydrogen-bond donors (Lipinski definition) is 2. The lowest BCUT2D eigenvalue weighted by atomic mass is 10.0. The number of carbonyl (C=O) groups excluding carboxylic acids is 2. The molecule has 154 valence electrons. The summed E-state index contributed by atoms with van der Waals surface area (Å²) in [5.74, 6) is 0.253. The molecule has 0 spiro atoms. The van der Waals surface area contributed by atoms with E-state index in [0.29, 0.717) is 0 Å². The van der Waals surface area contributed by atoms with Gasteiger partial charge < -0.3 is 10.1 Å². The van der Waals surface area contributed by atoms with Crippen molar-refractivity contribution in [3.63, 3.8) is 0 Å². The zero-order valence-electron chi connectivity index (χ0n) is 17.4. The first kappa shape index (κ1) is 21.0. The van der Waals surface area contributed by atoms with Crippen molar-refractivity contribution in [3.05, 3.63) is 71.3 Å². The van der Waals surface area contributed by atoms with E-state index in [2.05, 4.69) is 15.8 Å². The molecule has 0 aliphatic heterocycles. The summed E-state index contributed by atoms with van der Waals surface area (Å²) in [6.45, 7) is 3.94. The molecule has 0 aliphatic carbocycles. The average molecular weight is 403 g/mol. The SMILES string of the molecule is COc1ccc(C=NNC(=O)CCC(=O)Nc2ccc(C)cc2C)c2ccccc12. The lowest BCUT2D eigenvalue weighted by Crippen LogP contribution is -2.20. The topological polar surface area (TPSA) is 79.8 Å². The normalized spacial score (nSPS) is 10.9. The molecule has 0 unspecified atom stereocenters. The number of ether oxygens (including phenoxy) is 1. The van der Waals surface area contributed by atoms with Crippen molar-refractivity contribution in [2.45, 2.75) is 26.7 Å². The molecule has 0 saturated carbocycles. The average Bonchev–Trinajstić information content (AvgIpc) is 2.74. The van der Waals surface area contributed by atoms with Crippen molar-refractivity contribution in [2.24, 2.45) is 5.10 Å². The van der Waals surface area contributed by atoms with Crippen molar-refractivity contribution in [3.8, 4) is 5.75 Å². The largest absolute Gasteiger partial charge is 0.496 e. The number of nitrogens with one attached hydrogen (secondary N) is 2. The highest BCUT2D eigenvalue weighted by Gasteiger charge is 2.09. The highest BCUT2D eigenvalue weighted by molar-refractivity contribution is 6.02. The van der Waals surface area contributed by atoms with Gasteiger partial charge in [0.25, 0.3) is 0 Å². The Balaban J connectivity index is 1.54. The van der Waals surface area contributed by atoms with Crippen LogP contribution in [0.4, 0.5) is 5.69 Å². The fourth-order valence-electron chi connectivity index (χ4n) is 3.21. The molecule has 0 atom stereocenters. The zero-order valence-corrected chi connectivity index (χ0v) is 17.4. The summed E-state index contributed by atoms with van der Waals surface area (Å²) in [5.41, 5.74) is 6.22. The standard InChI is InChI=1S/C24H25N3O3/c1-16-8-10-21(17(2)14-16)26-23(28)12-13-24(29)27-25-15-18-9-11-22(30-3)20-7-5-4-6-19(18)20/h4-11,14-15H,12-13H2,1-3H3,(H,26,28)(H,27,29). The molecule has 30 heavy (non-hydrogen) atoms. The molecular weight excluding hydrogens is 378 g/mol. The van der Waals surface area contributed by atoms with Gasteiger partial charge in [-0.1, -0.05) is 42.0 Å². The van der Waals surface area contributed by atoms with Gasteiger partial charge in [-0.2, -0.15) is 5.10 Å². The highest BCUT2D eigenvalue weighted by Crippen LogP contribution is 2.27. The molecular formula is C24H25N3O3. The predicted octanol–water partition coefficient (Wildman–Crippen LogP) is 4.33. The third-order valence-electron chi connectivity index (χ3n) is 4.77. The molecule has 2 amide bonds. The Kier molecular flexibility index (Phi) is 6.80. The summed E-state index contributed by atoms with van der Waals surface area (Å²) in [7, 11) is 1.63. The van der Waals surface area contributed by atoms with Crippen LogP contribution in [0.5, 0.6) is 5.75 Å². The number of carbonyl (C=O) groups is 2. The second-order valence-electron chi connectivity index (χ2n) is 7.06. The van der Waals surface area contributed by atoms with Crippen LogP contribution in [0.3, 0.4) is 0 Å². The number of anilines is 1. The molecule has 0 saturated heterocycles. The zero-order chi connectivity index (χ0) is 21.5. The summed E-state index contributed by atoms with van der Waals surface area (Å²) in [5, 5.41) is 8.82. The minimum Gasteiger partial charge on any atom is -0.496 e. The first-order valence-electron chi connectivity index (χ1n) is 9.72. The van der Waals surface area contributed by atoms with E-state index in [-0.39, 0.29) is 24.7 Å². The second-order valence-corrected chi connectivity index (χ2v) is 7.06. The lowest BCUT2D eigenvalue weighted by molar-refractivity contribution is -0.124. The monoisotopic (exact) mass is 403 g/mol. The summed E-state index contributed by atoms with van der Waals surface area (Å²) < 4.78 is 5.38. The van der Waals surface area contributed by atoms with Crippen LogP contribution in [0, 0.1) is 13.8 Å². The van der Waals surface area contributed by atoms with Crippen LogP contribution >= 0.6 is 0 Å². The van der Waals surface area contributed by atoms with Crippen LogP contribution in [-0.2, 0) is 9.59 Å². The molecule has 2 N–H and O–H groups in total. The van der Waals surface area contributed by atoms with Crippen molar-refractivity contribution in [1.82, 2.24) is 5.43 Å². The van der Waals surface area contributed by atoms with Crippen LogP contribution in [-0.4, -0.2) is 25.1 Å². The van der Waals surface area contributed by atoms with Gasteiger partial charge in [0.15, 0.2) is 0 Å². The van der Waals surface area contributed by atoms with Crippen LogP contribution in [0.2, 0.25) is 0 Å². The number of aryl methyl sites for hydroxylation is 2. The number of rotatable bonds is 7. The van der Waals surface area contributed by atoms with Gasteiger partial charge in [-0.05, 0) is 43.0 Å². The summed E-state index contributed by atoms with van der Waals surface area (Å²) in [6, 6.07) is 17.4. The van der Waals surface area contributed by atoms with Gasteiger partial charge in [-0.3, -0.25) is 9.59 Å². The van der Waals surface area contributed by atoms with Crippen molar-refractivity contribution >= 4 is 34.5 Å². The Bertz CT molecular complexity index is 1110.